The number of ether oxygens (including phenoxy) is 1. The number of rotatable bonds is 3. The molecule has 0 rings (SSSR count). The van der Waals surface area contributed by atoms with Gasteiger partial charge in [-0.15, -0.1) is 0 Å². The predicted molar refractivity (Wildman–Crippen MR) is 63.6 cm³/mol. The maximum Gasteiger partial charge on any atom is 0.320 e. The van der Waals surface area contributed by atoms with Gasteiger partial charge in [0, 0.05) is 0 Å². The summed E-state index contributed by atoms with van der Waals surface area (Å²) in [6.45, 7) is 12.5. The van der Waals surface area contributed by atoms with Crippen LogP contribution in [0.3, 0.4) is 0 Å². The molecule has 0 heterocycles. The van der Waals surface area contributed by atoms with Crippen molar-refractivity contribution in [3.8, 4) is 6.07 Å². The number of esters is 1. The lowest BCUT2D eigenvalue weighted by molar-refractivity contribution is -0.155. The fourth-order valence-electron chi connectivity index (χ4n) is 1.35. The summed E-state index contributed by atoms with van der Waals surface area (Å²) in [7, 11) is 0. The Labute approximate surface area is 98.8 Å². The Hall–Kier alpha value is -1.04. The molecule has 0 aromatic carbocycles. The van der Waals surface area contributed by atoms with E-state index in [2.05, 4.69) is 20.8 Å². The largest absolute Gasteiger partial charge is 0.461 e. The van der Waals surface area contributed by atoms with E-state index in [1.54, 1.807) is 0 Å². The molecule has 0 aliphatic rings. The zero-order valence-electron chi connectivity index (χ0n) is 11.3. The highest BCUT2D eigenvalue weighted by Crippen LogP contribution is 2.32. The highest BCUT2D eigenvalue weighted by molar-refractivity contribution is 5.72. The van der Waals surface area contributed by atoms with Gasteiger partial charge < -0.3 is 4.74 Å². The van der Waals surface area contributed by atoms with Crippen molar-refractivity contribution in [1.29, 1.82) is 5.26 Å². The standard InChI is InChI=1S/C13H23NO2/c1-12(2,3)9-10(13(4,5)6)16-11(15)7-8-14/h10H,7,9H2,1-6H3. The normalized spacial score (nSPS) is 14.1. The fourth-order valence-corrected chi connectivity index (χ4v) is 1.35. The van der Waals surface area contributed by atoms with Gasteiger partial charge >= 0.3 is 5.97 Å². The Balaban J connectivity index is 4.59. The second-order valence-electron chi connectivity index (χ2n) is 6.44. The van der Waals surface area contributed by atoms with E-state index >= 15 is 0 Å². The molecule has 0 bridgehead atoms. The molecular formula is C13H23NO2. The number of nitriles is 1. The van der Waals surface area contributed by atoms with Crippen molar-refractivity contribution in [2.45, 2.75) is 60.5 Å². The van der Waals surface area contributed by atoms with E-state index in [1.807, 2.05) is 26.8 Å². The van der Waals surface area contributed by atoms with Crippen LogP contribution in [0.25, 0.3) is 0 Å². The molecule has 0 saturated carbocycles. The molecule has 3 nitrogen and oxygen atoms in total. The molecule has 0 aliphatic heterocycles. The molecule has 16 heavy (non-hydrogen) atoms. The molecule has 0 aromatic heterocycles. The van der Waals surface area contributed by atoms with Crippen molar-refractivity contribution in [2.75, 3.05) is 0 Å². The van der Waals surface area contributed by atoms with Crippen LogP contribution in [0.5, 0.6) is 0 Å². The second-order valence-corrected chi connectivity index (χ2v) is 6.44. The first-order valence-corrected chi connectivity index (χ1v) is 5.63. The summed E-state index contributed by atoms with van der Waals surface area (Å²) in [5.41, 5.74) is 0.00324. The first-order valence-electron chi connectivity index (χ1n) is 5.63. The molecule has 0 saturated heterocycles. The van der Waals surface area contributed by atoms with Crippen LogP contribution >= 0.6 is 0 Å². The van der Waals surface area contributed by atoms with Crippen molar-refractivity contribution in [3.63, 3.8) is 0 Å². The van der Waals surface area contributed by atoms with Crippen LogP contribution in [-0.4, -0.2) is 12.1 Å². The summed E-state index contributed by atoms with van der Waals surface area (Å²) in [4.78, 5) is 11.3. The van der Waals surface area contributed by atoms with Gasteiger partial charge in [0.05, 0.1) is 6.07 Å². The van der Waals surface area contributed by atoms with Crippen molar-refractivity contribution >= 4 is 5.97 Å². The summed E-state index contributed by atoms with van der Waals surface area (Å²) in [5, 5.41) is 8.43. The topological polar surface area (TPSA) is 50.1 Å². The quantitative estimate of drug-likeness (QED) is 0.692. The molecule has 0 amide bonds. The third-order valence-electron chi connectivity index (χ3n) is 2.26. The van der Waals surface area contributed by atoms with Gasteiger partial charge in [0.15, 0.2) is 0 Å². The van der Waals surface area contributed by atoms with Gasteiger partial charge in [-0.3, -0.25) is 4.79 Å². The van der Waals surface area contributed by atoms with Crippen molar-refractivity contribution < 1.29 is 9.53 Å². The number of hydrogen-bond donors (Lipinski definition) is 0. The maximum atomic E-state index is 11.3. The van der Waals surface area contributed by atoms with Crippen molar-refractivity contribution in [1.82, 2.24) is 0 Å². The highest BCUT2D eigenvalue weighted by atomic mass is 16.5. The molecule has 0 aromatic rings. The Bertz CT molecular complexity index is 276. The summed E-state index contributed by atoms with van der Waals surface area (Å²) in [6.07, 6.45) is 0.484. The van der Waals surface area contributed by atoms with E-state index < -0.39 is 5.97 Å². The van der Waals surface area contributed by atoms with E-state index in [9.17, 15) is 4.79 Å². The lowest BCUT2D eigenvalue weighted by Gasteiger charge is -2.34. The summed E-state index contributed by atoms with van der Waals surface area (Å²) >= 11 is 0. The molecule has 0 N–H and O–H groups in total. The van der Waals surface area contributed by atoms with Crippen LogP contribution in [0.2, 0.25) is 0 Å². The predicted octanol–water partition coefficient (Wildman–Crippen LogP) is 3.29. The van der Waals surface area contributed by atoms with E-state index in [0.717, 1.165) is 6.42 Å². The highest BCUT2D eigenvalue weighted by Gasteiger charge is 2.32. The molecule has 0 aliphatic carbocycles. The zero-order valence-corrected chi connectivity index (χ0v) is 11.3. The van der Waals surface area contributed by atoms with Crippen molar-refractivity contribution in [2.24, 2.45) is 10.8 Å². The average molecular weight is 225 g/mol. The zero-order chi connectivity index (χ0) is 13.0. The van der Waals surface area contributed by atoms with E-state index in [1.165, 1.54) is 0 Å². The number of hydrogen-bond acceptors (Lipinski definition) is 3. The minimum atomic E-state index is -0.424. The third kappa shape index (κ3) is 6.44. The molecule has 0 fully saturated rings. The van der Waals surface area contributed by atoms with Crippen LogP contribution in [0, 0.1) is 22.2 Å². The van der Waals surface area contributed by atoms with Gasteiger partial charge in [0.25, 0.3) is 0 Å². The third-order valence-corrected chi connectivity index (χ3v) is 2.26. The van der Waals surface area contributed by atoms with E-state index in [-0.39, 0.29) is 23.4 Å². The molecule has 0 spiro atoms. The van der Waals surface area contributed by atoms with Gasteiger partial charge in [0.1, 0.15) is 12.5 Å². The van der Waals surface area contributed by atoms with E-state index in [4.69, 9.17) is 10.00 Å². The maximum absolute atomic E-state index is 11.3. The van der Waals surface area contributed by atoms with Crippen LogP contribution in [0.15, 0.2) is 0 Å². The summed E-state index contributed by atoms with van der Waals surface area (Å²) in [5.74, 6) is -0.424. The van der Waals surface area contributed by atoms with Crippen LogP contribution in [0.1, 0.15) is 54.4 Å². The number of carbonyl (C=O) groups is 1. The fraction of sp³-hybridized carbons (Fsp3) is 0.846. The van der Waals surface area contributed by atoms with Crippen LogP contribution in [0.4, 0.5) is 0 Å². The van der Waals surface area contributed by atoms with Crippen LogP contribution in [-0.2, 0) is 9.53 Å². The van der Waals surface area contributed by atoms with Gasteiger partial charge in [-0.1, -0.05) is 41.5 Å². The molecule has 1 atom stereocenters. The van der Waals surface area contributed by atoms with Gasteiger partial charge in [-0.25, -0.2) is 0 Å². The number of carbonyl (C=O) groups excluding carboxylic acids is 1. The second kappa shape index (κ2) is 5.34. The summed E-state index contributed by atoms with van der Waals surface area (Å²) < 4.78 is 5.37. The van der Waals surface area contributed by atoms with Gasteiger partial charge in [-0.05, 0) is 17.3 Å². The Morgan fingerprint density at radius 1 is 1.25 bits per heavy atom. The number of nitrogens with zero attached hydrogens (tertiary/aromatic N) is 1. The molecule has 1 unspecified atom stereocenters. The first-order chi connectivity index (χ1) is 7.06. The molecule has 0 radical (unpaired) electrons. The minimum Gasteiger partial charge on any atom is -0.461 e. The average Bonchev–Trinajstić information content (AvgIpc) is 1.98. The van der Waals surface area contributed by atoms with E-state index in [0.29, 0.717) is 0 Å². The Kier molecular flexibility index (Phi) is 4.99. The lowest BCUT2D eigenvalue weighted by Crippen LogP contribution is -2.35. The SMILES string of the molecule is CC(C)(C)CC(OC(=O)CC#N)C(C)(C)C. The Morgan fingerprint density at radius 2 is 1.75 bits per heavy atom. The molecular weight excluding hydrogens is 202 g/mol. The minimum absolute atomic E-state index is 0.0988. The monoisotopic (exact) mass is 225 g/mol. The Morgan fingerprint density at radius 3 is 2.06 bits per heavy atom. The van der Waals surface area contributed by atoms with Gasteiger partial charge in [0.2, 0.25) is 0 Å². The van der Waals surface area contributed by atoms with Crippen LogP contribution < -0.4 is 0 Å². The molecule has 3 heteroatoms. The van der Waals surface area contributed by atoms with Gasteiger partial charge in [-0.2, -0.15) is 5.26 Å². The molecule has 92 valence electrons. The summed E-state index contributed by atoms with van der Waals surface area (Å²) in [6, 6.07) is 1.81. The first kappa shape index (κ1) is 15.0. The lowest BCUT2D eigenvalue weighted by atomic mass is 9.78. The smallest absolute Gasteiger partial charge is 0.320 e. The van der Waals surface area contributed by atoms with Crippen molar-refractivity contribution in [3.05, 3.63) is 0 Å².